The van der Waals surface area contributed by atoms with E-state index >= 15 is 0 Å². The van der Waals surface area contributed by atoms with E-state index in [1.54, 1.807) is 12.1 Å². The standard InChI is InChI=1S/C23H24N2O3/c1-15-10-11-18-19(14-15)23(28)25(22(18)27)13-5-9-20(26)24-12-4-8-17-7-3-6-16(2)21(17)24/h3,6-7,10-11,14H,4-5,8-9,12-13H2,1-2H3. The lowest BCUT2D eigenvalue weighted by atomic mass is 9.98. The third-order valence-electron chi connectivity index (χ3n) is 5.62. The predicted molar refractivity (Wildman–Crippen MR) is 108 cm³/mol. The Labute approximate surface area is 164 Å². The highest BCUT2D eigenvalue weighted by Gasteiger charge is 2.35. The Balaban J connectivity index is 1.41. The topological polar surface area (TPSA) is 57.7 Å². The van der Waals surface area contributed by atoms with Gasteiger partial charge < -0.3 is 4.90 Å². The van der Waals surface area contributed by atoms with Gasteiger partial charge >= 0.3 is 0 Å². The highest BCUT2D eigenvalue weighted by molar-refractivity contribution is 6.21. The molecule has 5 heteroatoms. The monoisotopic (exact) mass is 376 g/mol. The Morgan fingerprint density at radius 1 is 1.04 bits per heavy atom. The van der Waals surface area contributed by atoms with Gasteiger partial charge in [-0.05, 0) is 56.4 Å². The van der Waals surface area contributed by atoms with Gasteiger partial charge in [0, 0.05) is 25.2 Å². The molecule has 2 aromatic carbocycles. The predicted octanol–water partition coefficient (Wildman–Crippen LogP) is 3.66. The van der Waals surface area contributed by atoms with Crippen molar-refractivity contribution >= 4 is 23.4 Å². The fourth-order valence-electron chi connectivity index (χ4n) is 4.23. The highest BCUT2D eigenvalue weighted by Crippen LogP contribution is 2.31. The maximum Gasteiger partial charge on any atom is 0.261 e. The van der Waals surface area contributed by atoms with Crippen LogP contribution in [0.2, 0.25) is 0 Å². The molecule has 0 N–H and O–H groups in total. The van der Waals surface area contributed by atoms with Crippen molar-refractivity contribution in [3.8, 4) is 0 Å². The Bertz CT molecular complexity index is 980. The molecule has 2 aromatic rings. The van der Waals surface area contributed by atoms with Gasteiger partial charge in [-0.1, -0.05) is 29.8 Å². The van der Waals surface area contributed by atoms with Crippen molar-refractivity contribution in [2.24, 2.45) is 0 Å². The number of hydrogen-bond donors (Lipinski definition) is 0. The van der Waals surface area contributed by atoms with E-state index in [0.29, 0.717) is 24.0 Å². The number of nitrogens with zero attached hydrogens (tertiary/aromatic N) is 2. The lowest BCUT2D eigenvalue weighted by Crippen LogP contribution is -2.37. The molecule has 0 bridgehead atoms. The van der Waals surface area contributed by atoms with Crippen LogP contribution in [0, 0.1) is 13.8 Å². The van der Waals surface area contributed by atoms with Crippen molar-refractivity contribution in [3.63, 3.8) is 0 Å². The van der Waals surface area contributed by atoms with Crippen LogP contribution in [0.25, 0.3) is 0 Å². The second-order valence-electron chi connectivity index (χ2n) is 7.65. The summed E-state index contributed by atoms with van der Waals surface area (Å²) in [6.07, 6.45) is 2.75. The summed E-state index contributed by atoms with van der Waals surface area (Å²) in [7, 11) is 0. The molecule has 4 rings (SSSR count). The number of para-hydroxylation sites is 1. The van der Waals surface area contributed by atoms with Gasteiger partial charge in [0.2, 0.25) is 5.91 Å². The lowest BCUT2D eigenvalue weighted by Gasteiger charge is -2.31. The molecule has 0 unspecified atom stereocenters. The summed E-state index contributed by atoms with van der Waals surface area (Å²) in [6.45, 7) is 4.93. The number of anilines is 1. The minimum absolute atomic E-state index is 0.0581. The molecule has 0 atom stereocenters. The summed E-state index contributed by atoms with van der Waals surface area (Å²) in [5, 5.41) is 0. The van der Waals surface area contributed by atoms with Gasteiger partial charge in [0.05, 0.1) is 11.1 Å². The van der Waals surface area contributed by atoms with Crippen molar-refractivity contribution in [2.45, 2.75) is 39.5 Å². The fraction of sp³-hybridized carbons (Fsp3) is 0.348. The Morgan fingerprint density at radius 2 is 1.82 bits per heavy atom. The van der Waals surface area contributed by atoms with Gasteiger partial charge in [-0.25, -0.2) is 0 Å². The molecule has 0 fully saturated rings. The Hall–Kier alpha value is -2.95. The number of imide groups is 1. The molecular weight excluding hydrogens is 352 g/mol. The molecule has 2 heterocycles. The molecule has 0 saturated carbocycles. The van der Waals surface area contributed by atoms with Crippen molar-refractivity contribution in [1.82, 2.24) is 4.90 Å². The van der Waals surface area contributed by atoms with Gasteiger partial charge in [-0.15, -0.1) is 0 Å². The zero-order valence-electron chi connectivity index (χ0n) is 16.3. The fourth-order valence-corrected chi connectivity index (χ4v) is 4.23. The van der Waals surface area contributed by atoms with E-state index in [-0.39, 0.29) is 24.3 Å². The first kappa shape index (κ1) is 18.4. The molecule has 28 heavy (non-hydrogen) atoms. The third kappa shape index (κ3) is 3.11. The zero-order valence-corrected chi connectivity index (χ0v) is 16.3. The number of hydrogen-bond acceptors (Lipinski definition) is 3. The maximum atomic E-state index is 12.9. The van der Waals surface area contributed by atoms with Crippen LogP contribution in [0.5, 0.6) is 0 Å². The van der Waals surface area contributed by atoms with Crippen LogP contribution >= 0.6 is 0 Å². The normalized spacial score (nSPS) is 15.6. The molecule has 2 aliphatic heterocycles. The lowest BCUT2D eigenvalue weighted by molar-refractivity contribution is -0.118. The molecule has 0 aliphatic carbocycles. The molecule has 3 amide bonds. The van der Waals surface area contributed by atoms with Crippen molar-refractivity contribution in [2.75, 3.05) is 18.0 Å². The van der Waals surface area contributed by atoms with Crippen LogP contribution < -0.4 is 4.90 Å². The van der Waals surface area contributed by atoms with Gasteiger partial charge in [-0.3, -0.25) is 19.3 Å². The minimum atomic E-state index is -0.258. The van der Waals surface area contributed by atoms with E-state index in [9.17, 15) is 14.4 Å². The SMILES string of the molecule is Cc1ccc2c(c1)C(=O)N(CCCC(=O)N1CCCc3cccc(C)c31)C2=O. The molecule has 144 valence electrons. The summed E-state index contributed by atoms with van der Waals surface area (Å²) < 4.78 is 0. The first-order valence-electron chi connectivity index (χ1n) is 9.83. The van der Waals surface area contributed by atoms with Crippen molar-refractivity contribution < 1.29 is 14.4 Å². The summed E-state index contributed by atoms with van der Waals surface area (Å²) in [6, 6.07) is 11.5. The van der Waals surface area contributed by atoms with Crippen LogP contribution in [-0.2, 0) is 11.2 Å². The highest BCUT2D eigenvalue weighted by atomic mass is 16.2. The van der Waals surface area contributed by atoms with Crippen molar-refractivity contribution in [1.29, 1.82) is 0 Å². The number of amides is 3. The van der Waals surface area contributed by atoms with E-state index in [2.05, 4.69) is 6.07 Å². The maximum absolute atomic E-state index is 12.9. The van der Waals surface area contributed by atoms with Gasteiger partial charge in [-0.2, -0.15) is 0 Å². The number of aryl methyl sites for hydroxylation is 3. The van der Waals surface area contributed by atoms with E-state index in [1.807, 2.05) is 36.9 Å². The molecule has 0 saturated heterocycles. The number of fused-ring (bicyclic) bond motifs is 2. The van der Waals surface area contributed by atoms with E-state index < -0.39 is 0 Å². The first-order chi connectivity index (χ1) is 13.5. The minimum Gasteiger partial charge on any atom is -0.312 e. The molecule has 0 radical (unpaired) electrons. The van der Waals surface area contributed by atoms with Gasteiger partial charge in [0.15, 0.2) is 0 Å². The summed E-state index contributed by atoms with van der Waals surface area (Å²) in [4.78, 5) is 41.1. The summed E-state index contributed by atoms with van der Waals surface area (Å²) >= 11 is 0. The second kappa shape index (κ2) is 7.23. The second-order valence-corrected chi connectivity index (χ2v) is 7.65. The van der Waals surface area contributed by atoms with Crippen molar-refractivity contribution in [3.05, 3.63) is 64.2 Å². The van der Waals surface area contributed by atoms with Crippen LogP contribution in [0.3, 0.4) is 0 Å². The average Bonchev–Trinajstić information content (AvgIpc) is 2.92. The molecule has 5 nitrogen and oxygen atoms in total. The number of benzene rings is 2. The van der Waals surface area contributed by atoms with Gasteiger partial charge in [0.1, 0.15) is 0 Å². The Kier molecular flexibility index (Phi) is 4.75. The number of carbonyl (C=O) groups excluding carboxylic acids is 3. The molecular formula is C23H24N2O3. The number of rotatable bonds is 4. The Morgan fingerprint density at radius 3 is 2.64 bits per heavy atom. The van der Waals surface area contributed by atoms with E-state index in [1.165, 1.54) is 10.5 Å². The van der Waals surface area contributed by atoms with Crippen LogP contribution in [0.1, 0.15) is 56.7 Å². The summed E-state index contributed by atoms with van der Waals surface area (Å²) in [5.74, 6) is -0.454. The largest absolute Gasteiger partial charge is 0.312 e. The van der Waals surface area contributed by atoms with Gasteiger partial charge in [0.25, 0.3) is 11.8 Å². The average molecular weight is 376 g/mol. The summed E-state index contributed by atoms with van der Waals surface area (Å²) in [5.41, 5.74) is 5.25. The third-order valence-corrected chi connectivity index (χ3v) is 5.62. The smallest absolute Gasteiger partial charge is 0.261 e. The molecule has 0 aromatic heterocycles. The van der Waals surface area contributed by atoms with E-state index in [4.69, 9.17) is 0 Å². The number of carbonyl (C=O) groups is 3. The quantitative estimate of drug-likeness (QED) is 0.765. The van der Waals surface area contributed by atoms with Crippen LogP contribution in [0.15, 0.2) is 36.4 Å². The first-order valence-corrected chi connectivity index (χ1v) is 9.83. The molecule has 0 spiro atoms. The van der Waals surface area contributed by atoms with Crippen LogP contribution in [-0.4, -0.2) is 35.7 Å². The van der Waals surface area contributed by atoms with E-state index in [0.717, 1.165) is 36.2 Å². The zero-order chi connectivity index (χ0) is 19.8. The van der Waals surface area contributed by atoms with Crippen LogP contribution in [0.4, 0.5) is 5.69 Å². The molecule has 2 aliphatic rings.